The molecular weight excluding hydrogens is 216 g/mol. The Bertz CT molecular complexity index is 713. The summed E-state index contributed by atoms with van der Waals surface area (Å²) < 4.78 is 3.29. The molecule has 0 saturated carbocycles. The van der Waals surface area contributed by atoms with Crippen LogP contribution < -0.4 is 5.56 Å². The summed E-state index contributed by atoms with van der Waals surface area (Å²) in [5.41, 5.74) is 1.70. The van der Waals surface area contributed by atoms with E-state index in [9.17, 15) is 4.79 Å². The number of aromatic nitrogens is 4. The molecule has 0 radical (unpaired) electrons. The second-order valence-corrected chi connectivity index (χ2v) is 3.73. The van der Waals surface area contributed by atoms with Gasteiger partial charge in [0, 0.05) is 12.3 Å². The number of hydrogen-bond acceptors (Lipinski definition) is 3. The van der Waals surface area contributed by atoms with Gasteiger partial charge in [-0.1, -0.05) is 23.4 Å². The lowest BCUT2D eigenvalue weighted by atomic mass is 10.3. The minimum Gasteiger partial charge on any atom is -0.295 e. The molecule has 0 saturated heterocycles. The molecule has 1 aromatic carbocycles. The van der Waals surface area contributed by atoms with E-state index in [1.54, 1.807) is 21.5 Å². The Morgan fingerprint density at radius 2 is 1.88 bits per heavy atom. The molecule has 0 fully saturated rings. The van der Waals surface area contributed by atoms with Crippen molar-refractivity contribution in [3.63, 3.8) is 0 Å². The molecular formula is C12H10N4O. The van der Waals surface area contributed by atoms with E-state index >= 15 is 0 Å². The Hall–Kier alpha value is -2.43. The van der Waals surface area contributed by atoms with Crippen molar-refractivity contribution in [2.24, 2.45) is 0 Å². The summed E-state index contributed by atoms with van der Waals surface area (Å²) in [6, 6.07) is 12.7. The van der Waals surface area contributed by atoms with E-state index in [2.05, 4.69) is 10.3 Å². The average molecular weight is 226 g/mol. The van der Waals surface area contributed by atoms with Crippen molar-refractivity contribution >= 4 is 11.0 Å². The minimum absolute atomic E-state index is 0.0490. The van der Waals surface area contributed by atoms with Gasteiger partial charge < -0.3 is 0 Å². The van der Waals surface area contributed by atoms with Gasteiger partial charge in [0.15, 0.2) is 0 Å². The van der Waals surface area contributed by atoms with Crippen molar-refractivity contribution < 1.29 is 0 Å². The SMILES string of the molecule is O=c1ccccn1Cn1nnc2ccccc21. The molecule has 0 aliphatic carbocycles. The summed E-state index contributed by atoms with van der Waals surface area (Å²) in [7, 11) is 0. The number of para-hydroxylation sites is 1. The van der Waals surface area contributed by atoms with E-state index in [1.165, 1.54) is 6.07 Å². The summed E-state index contributed by atoms with van der Waals surface area (Å²) in [5, 5.41) is 8.08. The first-order chi connectivity index (χ1) is 8.34. The molecule has 0 unspecified atom stereocenters. The van der Waals surface area contributed by atoms with Crippen molar-refractivity contribution in [1.82, 2.24) is 19.6 Å². The Labute approximate surface area is 96.9 Å². The highest BCUT2D eigenvalue weighted by molar-refractivity contribution is 5.73. The minimum atomic E-state index is -0.0490. The van der Waals surface area contributed by atoms with Crippen LogP contribution >= 0.6 is 0 Å². The summed E-state index contributed by atoms with van der Waals surface area (Å²) in [4.78, 5) is 11.6. The van der Waals surface area contributed by atoms with Gasteiger partial charge in [0.2, 0.25) is 0 Å². The molecule has 0 bridgehead atoms. The number of rotatable bonds is 2. The maximum atomic E-state index is 11.6. The highest BCUT2D eigenvalue weighted by atomic mass is 16.1. The van der Waals surface area contributed by atoms with E-state index in [1.807, 2.05) is 30.3 Å². The van der Waals surface area contributed by atoms with Crippen LogP contribution in [-0.4, -0.2) is 19.6 Å². The van der Waals surface area contributed by atoms with Crippen molar-refractivity contribution in [3.8, 4) is 0 Å². The molecule has 0 spiro atoms. The second kappa shape index (κ2) is 3.86. The lowest BCUT2D eigenvalue weighted by Gasteiger charge is -2.04. The Morgan fingerprint density at radius 3 is 2.76 bits per heavy atom. The summed E-state index contributed by atoms with van der Waals surface area (Å²) in [5.74, 6) is 0. The molecule has 0 aliphatic heterocycles. The first-order valence-corrected chi connectivity index (χ1v) is 5.28. The first-order valence-electron chi connectivity index (χ1n) is 5.28. The van der Waals surface area contributed by atoms with Gasteiger partial charge in [-0.25, -0.2) is 4.68 Å². The second-order valence-electron chi connectivity index (χ2n) is 3.73. The zero-order valence-corrected chi connectivity index (χ0v) is 9.02. The van der Waals surface area contributed by atoms with Crippen molar-refractivity contribution in [1.29, 1.82) is 0 Å². The lowest BCUT2D eigenvalue weighted by molar-refractivity contribution is 0.532. The Morgan fingerprint density at radius 1 is 1.06 bits per heavy atom. The molecule has 3 rings (SSSR count). The largest absolute Gasteiger partial charge is 0.295 e. The van der Waals surface area contributed by atoms with Gasteiger partial charge in [-0.05, 0) is 18.2 Å². The fraction of sp³-hybridized carbons (Fsp3) is 0.0833. The summed E-state index contributed by atoms with van der Waals surface area (Å²) in [6.07, 6.45) is 1.73. The van der Waals surface area contributed by atoms with Crippen LogP contribution in [-0.2, 0) is 6.67 Å². The monoisotopic (exact) mass is 226 g/mol. The molecule has 17 heavy (non-hydrogen) atoms. The summed E-state index contributed by atoms with van der Waals surface area (Å²) >= 11 is 0. The van der Waals surface area contributed by atoms with Gasteiger partial charge in [0.05, 0.1) is 5.52 Å². The van der Waals surface area contributed by atoms with Crippen molar-refractivity contribution in [3.05, 3.63) is 59.0 Å². The van der Waals surface area contributed by atoms with Crippen molar-refractivity contribution in [2.75, 3.05) is 0 Å². The van der Waals surface area contributed by atoms with E-state index in [0.717, 1.165) is 11.0 Å². The van der Waals surface area contributed by atoms with E-state index in [-0.39, 0.29) is 5.56 Å². The van der Waals surface area contributed by atoms with Crippen LogP contribution in [0.5, 0.6) is 0 Å². The normalized spacial score (nSPS) is 10.8. The fourth-order valence-corrected chi connectivity index (χ4v) is 1.74. The third-order valence-corrected chi connectivity index (χ3v) is 2.61. The molecule has 0 atom stereocenters. The Balaban J connectivity index is 2.06. The van der Waals surface area contributed by atoms with Crippen LogP contribution in [0.4, 0.5) is 0 Å². The highest BCUT2D eigenvalue weighted by Gasteiger charge is 2.03. The molecule has 3 aromatic rings. The number of nitrogens with zero attached hydrogens (tertiary/aromatic N) is 4. The molecule has 84 valence electrons. The predicted octanol–water partition coefficient (Wildman–Crippen LogP) is 1.10. The summed E-state index contributed by atoms with van der Waals surface area (Å²) in [6.45, 7) is 0.375. The van der Waals surface area contributed by atoms with Gasteiger partial charge in [-0.3, -0.25) is 9.36 Å². The molecule has 0 N–H and O–H groups in total. The van der Waals surface area contributed by atoms with E-state index in [4.69, 9.17) is 0 Å². The zero-order valence-electron chi connectivity index (χ0n) is 9.02. The molecule has 5 nitrogen and oxygen atoms in total. The van der Waals surface area contributed by atoms with E-state index in [0.29, 0.717) is 6.67 Å². The average Bonchev–Trinajstić information content (AvgIpc) is 2.76. The predicted molar refractivity (Wildman–Crippen MR) is 63.6 cm³/mol. The molecule has 5 heteroatoms. The number of benzene rings is 1. The number of fused-ring (bicyclic) bond motifs is 1. The molecule has 0 amide bonds. The van der Waals surface area contributed by atoms with Crippen LogP contribution in [0.1, 0.15) is 0 Å². The standard InChI is InChI=1S/C12H10N4O/c17-12-7-3-4-8-15(12)9-16-11-6-2-1-5-10(11)13-14-16/h1-8H,9H2. The van der Waals surface area contributed by atoms with E-state index < -0.39 is 0 Å². The molecule has 2 aromatic heterocycles. The number of hydrogen-bond donors (Lipinski definition) is 0. The topological polar surface area (TPSA) is 52.7 Å². The number of pyridine rings is 1. The smallest absolute Gasteiger partial charge is 0.252 e. The third kappa shape index (κ3) is 1.71. The van der Waals surface area contributed by atoms with Gasteiger partial charge in [-0.15, -0.1) is 5.10 Å². The van der Waals surface area contributed by atoms with Gasteiger partial charge in [0.25, 0.3) is 5.56 Å². The molecule has 0 aliphatic rings. The van der Waals surface area contributed by atoms with Crippen LogP contribution in [0.15, 0.2) is 53.5 Å². The highest BCUT2D eigenvalue weighted by Crippen LogP contribution is 2.09. The maximum absolute atomic E-state index is 11.6. The van der Waals surface area contributed by atoms with Crippen molar-refractivity contribution in [2.45, 2.75) is 6.67 Å². The fourth-order valence-electron chi connectivity index (χ4n) is 1.74. The maximum Gasteiger partial charge on any atom is 0.252 e. The zero-order chi connectivity index (χ0) is 11.7. The van der Waals surface area contributed by atoms with Gasteiger partial charge in [0.1, 0.15) is 12.2 Å². The first kappa shape index (κ1) is 9.77. The lowest BCUT2D eigenvalue weighted by Crippen LogP contribution is -2.22. The van der Waals surface area contributed by atoms with Gasteiger partial charge >= 0.3 is 0 Å². The van der Waals surface area contributed by atoms with Crippen LogP contribution in [0.25, 0.3) is 11.0 Å². The Kier molecular flexibility index (Phi) is 2.22. The molecule has 2 heterocycles. The quantitative estimate of drug-likeness (QED) is 0.657. The van der Waals surface area contributed by atoms with Gasteiger partial charge in [-0.2, -0.15) is 0 Å². The van der Waals surface area contributed by atoms with Crippen LogP contribution in [0.2, 0.25) is 0 Å². The third-order valence-electron chi connectivity index (χ3n) is 2.61. The van der Waals surface area contributed by atoms with Crippen LogP contribution in [0, 0.1) is 0 Å². The van der Waals surface area contributed by atoms with Crippen LogP contribution in [0.3, 0.4) is 0 Å².